The summed E-state index contributed by atoms with van der Waals surface area (Å²) in [5.74, 6) is 0.734. The van der Waals surface area contributed by atoms with E-state index in [2.05, 4.69) is 10.3 Å². The minimum absolute atomic E-state index is 0.173. The molecule has 6 heteroatoms. The van der Waals surface area contributed by atoms with E-state index in [1.807, 2.05) is 24.3 Å². The first-order valence-corrected chi connectivity index (χ1v) is 9.31. The molecule has 1 saturated carbocycles. The summed E-state index contributed by atoms with van der Waals surface area (Å²) in [6, 6.07) is 7.94. The number of hydrogen-bond acceptors (Lipinski definition) is 5. The first kappa shape index (κ1) is 16.9. The van der Waals surface area contributed by atoms with Crippen molar-refractivity contribution in [3.8, 4) is 5.75 Å². The predicted molar refractivity (Wildman–Crippen MR) is 95.1 cm³/mol. The average Bonchev–Trinajstić information content (AvgIpc) is 3.11. The molecule has 128 valence electrons. The molecule has 0 aliphatic heterocycles. The monoisotopic (exact) mass is 345 g/mol. The van der Waals surface area contributed by atoms with Crippen LogP contribution in [0.15, 0.2) is 29.6 Å². The number of benzene rings is 1. The molecule has 1 heterocycles. The molecule has 3 rings (SSSR count). The van der Waals surface area contributed by atoms with E-state index >= 15 is 0 Å². The number of nitrogens with two attached hydrogens (primary N) is 1. The van der Waals surface area contributed by atoms with E-state index in [1.54, 1.807) is 5.38 Å². The van der Waals surface area contributed by atoms with Crippen LogP contribution in [-0.4, -0.2) is 17.0 Å². The molecule has 0 saturated heterocycles. The van der Waals surface area contributed by atoms with E-state index in [9.17, 15) is 4.79 Å². The van der Waals surface area contributed by atoms with Crippen molar-refractivity contribution in [2.24, 2.45) is 5.73 Å². The van der Waals surface area contributed by atoms with Gasteiger partial charge in [0.2, 0.25) is 0 Å². The Morgan fingerprint density at radius 1 is 1.25 bits per heavy atom. The molecular formula is C18H23N3O2S. The van der Waals surface area contributed by atoms with E-state index in [0.717, 1.165) is 29.2 Å². The maximum atomic E-state index is 12.0. The quantitative estimate of drug-likeness (QED) is 0.842. The van der Waals surface area contributed by atoms with Gasteiger partial charge in [-0.25, -0.2) is 4.98 Å². The predicted octanol–water partition coefficient (Wildman–Crippen LogP) is 3.24. The third-order valence-electron chi connectivity index (χ3n) is 4.19. The molecule has 0 spiro atoms. The van der Waals surface area contributed by atoms with Crippen LogP contribution in [0.3, 0.4) is 0 Å². The Kier molecular flexibility index (Phi) is 5.82. The lowest BCUT2D eigenvalue weighted by atomic mass is 9.98. The fourth-order valence-corrected chi connectivity index (χ4v) is 3.50. The Hall–Kier alpha value is -1.92. The molecule has 1 aromatic carbocycles. The molecule has 2 aromatic rings. The van der Waals surface area contributed by atoms with Gasteiger partial charge in [0.15, 0.2) is 0 Å². The zero-order valence-electron chi connectivity index (χ0n) is 13.7. The summed E-state index contributed by atoms with van der Waals surface area (Å²) < 4.78 is 6.01. The summed E-state index contributed by atoms with van der Waals surface area (Å²) in [5.41, 5.74) is 6.98. The second-order valence-electron chi connectivity index (χ2n) is 6.04. The minimum Gasteiger partial charge on any atom is -0.490 e. The van der Waals surface area contributed by atoms with Gasteiger partial charge in [-0.05, 0) is 43.4 Å². The lowest BCUT2D eigenvalue weighted by Gasteiger charge is -2.23. The smallest absolute Gasteiger partial charge is 0.271 e. The van der Waals surface area contributed by atoms with Crippen LogP contribution in [0.25, 0.3) is 0 Å². The number of thiazole rings is 1. The molecule has 1 aliphatic carbocycles. The van der Waals surface area contributed by atoms with Crippen molar-refractivity contribution in [2.45, 2.75) is 51.3 Å². The van der Waals surface area contributed by atoms with Crippen LogP contribution in [0.4, 0.5) is 0 Å². The molecule has 1 fully saturated rings. The highest BCUT2D eigenvalue weighted by molar-refractivity contribution is 7.09. The molecule has 5 nitrogen and oxygen atoms in total. The number of carbonyl (C=O) groups excluding carboxylic acids is 1. The van der Waals surface area contributed by atoms with Gasteiger partial charge < -0.3 is 15.8 Å². The minimum atomic E-state index is -0.173. The largest absolute Gasteiger partial charge is 0.490 e. The number of rotatable bonds is 6. The van der Waals surface area contributed by atoms with Gasteiger partial charge in [0.05, 0.1) is 6.10 Å². The molecule has 3 N–H and O–H groups in total. The van der Waals surface area contributed by atoms with Crippen LogP contribution >= 0.6 is 11.3 Å². The molecule has 24 heavy (non-hydrogen) atoms. The van der Waals surface area contributed by atoms with Crippen molar-refractivity contribution in [1.82, 2.24) is 10.3 Å². The Bertz CT molecular complexity index is 663. The highest BCUT2D eigenvalue weighted by Crippen LogP contribution is 2.23. The number of nitrogens with one attached hydrogen (secondary N) is 1. The van der Waals surface area contributed by atoms with Crippen molar-refractivity contribution in [1.29, 1.82) is 0 Å². The van der Waals surface area contributed by atoms with E-state index in [0.29, 0.717) is 24.9 Å². The van der Waals surface area contributed by atoms with Gasteiger partial charge in [-0.1, -0.05) is 18.6 Å². The topological polar surface area (TPSA) is 77.2 Å². The maximum absolute atomic E-state index is 12.0. The zero-order chi connectivity index (χ0) is 16.8. The Balaban J connectivity index is 1.49. The zero-order valence-corrected chi connectivity index (χ0v) is 14.5. The molecule has 0 atom stereocenters. The molecule has 0 unspecified atom stereocenters. The van der Waals surface area contributed by atoms with Crippen LogP contribution in [0.2, 0.25) is 0 Å². The number of aromatic nitrogens is 1. The summed E-state index contributed by atoms with van der Waals surface area (Å²) in [6.45, 7) is 0.832. The summed E-state index contributed by atoms with van der Waals surface area (Å²) >= 11 is 1.40. The molecular weight excluding hydrogens is 322 g/mol. The highest BCUT2D eigenvalue weighted by atomic mass is 32.1. The van der Waals surface area contributed by atoms with E-state index in [1.165, 1.54) is 30.6 Å². The van der Waals surface area contributed by atoms with Crippen molar-refractivity contribution >= 4 is 17.2 Å². The fraction of sp³-hybridized carbons (Fsp3) is 0.444. The Morgan fingerprint density at radius 3 is 2.67 bits per heavy atom. The Labute approximate surface area is 146 Å². The first-order chi connectivity index (χ1) is 11.7. The van der Waals surface area contributed by atoms with Crippen LogP contribution in [0.5, 0.6) is 5.75 Å². The second kappa shape index (κ2) is 8.26. The van der Waals surface area contributed by atoms with Gasteiger partial charge in [-0.15, -0.1) is 11.3 Å². The lowest BCUT2D eigenvalue weighted by Crippen LogP contribution is -2.23. The van der Waals surface area contributed by atoms with Gasteiger partial charge in [0, 0.05) is 18.5 Å². The summed E-state index contributed by atoms with van der Waals surface area (Å²) in [7, 11) is 0. The summed E-state index contributed by atoms with van der Waals surface area (Å²) in [4.78, 5) is 16.2. The third-order valence-corrected chi connectivity index (χ3v) is 5.06. The number of nitrogens with zero attached hydrogens (tertiary/aromatic N) is 1. The number of hydrogen-bond donors (Lipinski definition) is 2. The first-order valence-electron chi connectivity index (χ1n) is 8.43. The molecule has 0 radical (unpaired) electrons. The fourth-order valence-electron chi connectivity index (χ4n) is 2.84. The van der Waals surface area contributed by atoms with Gasteiger partial charge in [-0.2, -0.15) is 0 Å². The normalized spacial score (nSPS) is 15.2. The molecule has 1 aromatic heterocycles. The van der Waals surface area contributed by atoms with Crippen LogP contribution < -0.4 is 15.8 Å². The second-order valence-corrected chi connectivity index (χ2v) is 6.98. The highest BCUT2D eigenvalue weighted by Gasteiger charge is 2.14. The lowest BCUT2D eigenvalue weighted by molar-refractivity contribution is 0.0946. The van der Waals surface area contributed by atoms with Crippen LogP contribution in [0, 0.1) is 0 Å². The van der Waals surface area contributed by atoms with Gasteiger partial charge >= 0.3 is 0 Å². The standard InChI is InChI=1S/C18H23N3O2S/c19-10-17-21-16(12-24-17)18(22)20-11-13-6-8-15(9-7-13)23-14-4-2-1-3-5-14/h6-9,12,14H,1-5,10-11,19H2,(H,20,22). The van der Waals surface area contributed by atoms with Crippen molar-refractivity contribution < 1.29 is 9.53 Å². The summed E-state index contributed by atoms with van der Waals surface area (Å²) in [5, 5.41) is 5.38. The van der Waals surface area contributed by atoms with Crippen molar-refractivity contribution in [2.75, 3.05) is 0 Å². The van der Waals surface area contributed by atoms with E-state index in [4.69, 9.17) is 10.5 Å². The van der Waals surface area contributed by atoms with E-state index < -0.39 is 0 Å². The number of ether oxygens (including phenoxy) is 1. The Morgan fingerprint density at radius 2 is 2.00 bits per heavy atom. The molecule has 1 amide bonds. The van der Waals surface area contributed by atoms with Gasteiger partial charge in [0.25, 0.3) is 5.91 Å². The number of amides is 1. The van der Waals surface area contributed by atoms with Crippen molar-refractivity contribution in [3.05, 3.63) is 45.9 Å². The van der Waals surface area contributed by atoms with Gasteiger partial charge in [0.1, 0.15) is 16.5 Å². The molecule has 1 aliphatic rings. The van der Waals surface area contributed by atoms with Crippen molar-refractivity contribution in [3.63, 3.8) is 0 Å². The molecule has 0 bridgehead atoms. The van der Waals surface area contributed by atoms with Crippen LogP contribution in [0.1, 0.15) is 53.2 Å². The third kappa shape index (κ3) is 4.55. The van der Waals surface area contributed by atoms with Crippen LogP contribution in [-0.2, 0) is 13.1 Å². The van der Waals surface area contributed by atoms with E-state index in [-0.39, 0.29) is 5.91 Å². The SMILES string of the molecule is NCc1nc(C(=O)NCc2ccc(OC3CCCCC3)cc2)cs1. The average molecular weight is 345 g/mol. The summed E-state index contributed by atoms with van der Waals surface area (Å²) in [6.07, 6.45) is 6.50. The number of carbonyl (C=O) groups is 1. The maximum Gasteiger partial charge on any atom is 0.271 e. The van der Waals surface area contributed by atoms with Gasteiger partial charge in [-0.3, -0.25) is 4.79 Å².